The van der Waals surface area contributed by atoms with Crippen molar-refractivity contribution in [2.75, 3.05) is 13.2 Å². The smallest absolute Gasteiger partial charge is 0.320 e. The first-order valence-electron chi connectivity index (χ1n) is 5.89. The lowest BCUT2D eigenvalue weighted by atomic mass is 9.94. The Morgan fingerprint density at radius 1 is 1.00 bits per heavy atom. The van der Waals surface area contributed by atoms with Crippen LogP contribution < -0.4 is 0 Å². The molecule has 0 aromatic heterocycles. The van der Waals surface area contributed by atoms with Crippen LogP contribution in [-0.2, 0) is 19.1 Å². The van der Waals surface area contributed by atoms with Crippen LogP contribution in [0.15, 0.2) is 0 Å². The maximum Gasteiger partial charge on any atom is 0.320 e. The molecule has 0 fully saturated rings. The van der Waals surface area contributed by atoms with Crippen LogP contribution in [0, 0.1) is 11.8 Å². The topological polar surface area (TPSA) is 52.6 Å². The fraction of sp³-hybridized carbons (Fsp3) is 0.833. The van der Waals surface area contributed by atoms with E-state index >= 15 is 0 Å². The molecule has 0 bridgehead atoms. The molecule has 0 aliphatic carbocycles. The largest absolute Gasteiger partial charge is 0.465 e. The molecule has 1 atom stereocenters. The van der Waals surface area contributed by atoms with Crippen LogP contribution in [0.25, 0.3) is 0 Å². The Bertz CT molecular complexity index is 207. The molecule has 0 aliphatic heterocycles. The van der Waals surface area contributed by atoms with Gasteiger partial charge in [-0.1, -0.05) is 20.3 Å². The van der Waals surface area contributed by atoms with Crippen LogP contribution in [0.3, 0.4) is 0 Å². The zero-order valence-corrected chi connectivity index (χ0v) is 10.6. The van der Waals surface area contributed by atoms with Crippen LogP contribution in [-0.4, -0.2) is 25.2 Å². The Hall–Kier alpha value is -1.06. The molecule has 0 N–H and O–H groups in total. The maximum atomic E-state index is 11.6. The molecule has 4 heteroatoms. The molecule has 0 saturated carbocycles. The lowest BCUT2D eigenvalue weighted by Gasteiger charge is -2.17. The molecule has 16 heavy (non-hydrogen) atoms. The Morgan fingerprint density at radius 2 is 1.44 bits per heavy atom. The van der Waals surface area contributed by atoms with Crippen molar-refractivity contribution in [1.29, 1.82) is 0 Å². The van der Waals surface area contributed by atoms with Crippen molar-refractivity contribution in [2.45, 2.75) is 40.5 Å². The second kappa shape index (κ2) is 8.13. The van der Waals surface area contributed by atoms with Gasteiger partial charge in [0.1, 0.15) is 0 Å². The summed E-state index contributed by atoms with van der Waals surface area (Å²) in [6.45, 7) is 8.06. The highest BCUT2D eigenvalue weighted by molar-refractivity contribution is 5.94. The highest BCUT2D eigenvalue weighted by Gasteiger charge is 2.30. The zero-order valence-electron chi connectivity index (χ0n) is 10.6. The molecule has 94 valence electrons. The Balaban J connectivity index is 4.49. The van der Waals surface area contributed by atoms with Gasteiger partial charge in [-0.25, -0.2) is 0 Å². The van der Waals surface area contributed by atoms with E-state index in [0.29, 0.717) is 12.3 Å². The first-order chi connectivity index (χ1) is 7.56. The van der Waals surface area contributed by atoms with E-state index in [2.05, 4.69) is 0 Å². The number of esters is 2. The molecule has 0 radical (unpaired) electrons. The highest BCUT2D eigenvalue weighted by atomic mass is 16.6. The molecule has 0 saturated heterocycles. The minimum Gasteiger partial charge on any atom is -0.465 e. The van der Waals surface area contributed by atoms with E-state index in [4.69, 9.17) is 9.47 Å². The van der Waals surface area contributed by atoms with Gasteiger partial charge in [0.15, 0.2) is 5.92 Å². The summed E-state index contributed by atoms with van der Waals surface area (Å²) < 4.78 is 9.75. The van der Waals surface area contributed by atoms with Crippen molar-refractivity contribution in [2.24, 2.45) is 11.8 Å². The van der Waals surface area contributed by atoms with E-state index in [9.17, 15) is 9.59 Å². The second-order valence-electron chi connectivity index (χ2n) is 3.81. The van der Waals surface area contributed by atoms with Crippen LogP contribution in [0.1, 0.15) is 40.5 Å². The third-order valence-electron chi connectivity index (χ3n) is 2.48. The van der Waals surface area contributed by atoms with Crippen LogP contribution in [0.4, 0.5) is 0 Å². The molecule has 0 aliphatic rings. The Morgan fingerprint density at radius 3 is 1.75 bits per heavy atom. The fourth-order valence-corrected chi connectivity index (χ4v) is 1.34. The molecular formula is C12H22O4. The van der Waals surface area contributed by atoms with E-state index in [1.54, 1.807) is 13.8 Å². The minimum atomic E-state index is -0.769. The van der Waals surface area contributed by atoms with Crippen molar-refractivity contribution in [3.05, 3.63) is 0 Å². The summed E-state index contributed by atoms with van der Waals surface area (Å²) in [5.74, 6) is -1.41. The molecule has 0 unspecified atom stereocenters. The van der Waals surface area contributed by atoms with Gasteiger partial charge in [-0.3, -0.25) is 9.59 Å². The van der Waals surface area contributed by atoms with Gasteiger partial charge in [0.05, 0.1) is 13.2 Å². The minimum absolute atomic E-state index is 0.287. The lowest BCUT2D eigenvalue weighted by molar-refractivity contribution is -0.162. The zero-order chi connectivity index (χ0) is 12.6. The van der Waals surface area contributed by atoms with Gasteiger partial charge in [-0.2, -0.15) is 0 Å². The number of hydrogen-bond acceptors (Lipinski definition) is 4. The number of carbonyl (C=O) groups excluding carboxylic acids is 2. The van der Waals surface area contributed by atoms with Crippen molar-refractivity contribution in [3.8, 4) is 0 Å². The summed E-state index contributed by atoms with van der Waals surface area (Å²) in [7, 11) is 0. The highest BCUT2D eigenvalue weighted by Crippen LogP contribution is 2.18. The Kier molecular flexibility index (Phi) is 7.60. The van der Waals surface area contributed by atoms with E-state index in [1.807, 2.05) is 13.8 Å². The monoisotopic (exact) mass is 230 g/mol. The van der Waals surface area contributed by atoms with Gasteiger partial charge < -0.3 is 9.47 Å². The van der Waals surface area contributed by atoms with Gasteiger partial charge >= 0.3 is 11.9 Å². The van der Waals surface area contributed by atoms with Crippen LogP contribution in [0.5, 0.6) is 0 Å². The van der Waals surface area contributed by atoms with Gasteiger partial charge in [0.2, 0.25) is 0 Å². The number of ether oxygens (including phenoxy) is 2. The average molecular weight is 230 g/mol. The van der Waals surface area contributed by atoms with Crippen molar-refractivity contribution < 1.29 is 19.1 Å². The SMILES string of the molecule is CCOC(=O)C(C[C@@H](C)CC)C(=O)OCC. The summed E-state index contributed by atoms with van der Waals surface area (Å²) in [6.07, 6.45) is 1.42. The molecule has 4 nitrogen and oxygen atoms in total. The second-order valence-corrected chi connectivity index (χ2v) is 3.81. The molecular weight excluding hydrogens is 208 g/mol. The first kappa shape index (κ1) is 14.9. The predicted octanol–water partition coefficient (Wildman–Crippen LogP) is 2.17. The lowest BCUT2D eigenvalue weighted by Crippen LogP contribution is -2.29. The average Bonchev–Trinajstić information content (AvgIpc) is 2.25. The van der Waals surface area contributed by atoms with Crippen molar-refractivity contribution >= 4 is 11.9 Å². The summed E-state index contributed by atoms with van der Waals surface area (Å²) in [5.41, 5.74) is 0. The van der Waals surface area contributed by atoms with E-state index in [-0.39, 0.29) is 13.2 Å². The van der Waals surface area contributed by atoms with E-state index in [0.717, 1.165) is 6.42 Å². The van der Waals surface area contributed by atoms with Crippen LogP contribution in [0.2, 0.25) is 0 Å². The van der Waals surface area contributed by atoms with Gasteiger partial charge in [0, 0.05) is 0 Å². The Labute approximate surface area is 97.3 Å². The summed E-state index contributed by atoms with van der Waals surface area (Å²) in [6, 6.07) is 0. The summed E-state index contributed by atoms with van der Waals surface area (Å²) >= 11 is 0. The number of carbonyl (C=O) groups is 2. The number of rotatable bonds is 7. The number of hydrogen-bond donors (Lipinski definition) is 0. The molecule has 0 spiro atoms. The third-order valence-corrected chi connectivity index (χ3v) is 2.48. The van der Waals surface area contributed by atoms with Crippen molar-refractivity contribution in [3.63, 3.8) is 0 Å². The van der Waals surface area contributed by atoms with Gasteiger partial charge in [-0.05, 0) is 26.2 Å². The van der Waals surface area contributed by atoms with Crippen molar-refractivity contribution in [1.82, 2.24) is 0 Å². The quantitative estimate of drug-likeness (QED) is 0.497. The summed E-state index contributed by atoms with van der Waals surface area (Å²) in [5, 5.41) is 0. The fourth-order valence-electron chi connectivity index (χ4n) is 1.34. The van der Waals surface area contributed by atoms with Gasteiger partial charge in [0.25, 0.3) is 0 Å². The summed E-state index contributed by atoms with van der Waals surface area (Å²) in [4.78, 5) is 23.2. The molecule has 0 aromatic rings. The molecule has 0 amide bonds. The maximum absolute atomic E-state index is 11.6. The standard InChI is InChI=1S/C12H22O4/c1-5-9(4)8-10(11(13)15-6-2)12(14)16-7-3/h9-10H,5-8H2,1-4H3/t9-/m0/s1. The van der Waals surface area contributed by atoms with Crippen LogP contribution >= 0.6 is 0 Å². The predicted molar refractivity (Wildman–Crippen MR) is 60.8 cm³/mol. The van der Waals surface area contributed by atoms with E-state index < -0.39 is 17.9 Å². The first-order valence-corrected chi connectivity index (χ1v) is 5.89. The molecule has 0 heterocycles. The normalized spacial score (nSPS) is 12.3. The molecule has 0 aromatic carbocycles. The third kappa shape index (κ3) is 5.14. The van der Waals surface area contributed by atoms with E-state index in [1.165, 1.54) is 0 Å². The van der Waals surface area contributed by atoms with Gasteiger partial charge in [-0.15, -0.1) is 0 Å². The molecule has 0 rings (SSSR count).